The number of hydrogen-bond acceptors (Lipinski definition) is 3. The van der Waals surface area contributed by atoms with Gasteiger partial charge in [-0.05, 0) is 12.8 Å². The second kappa shape index (κ2) is 3.72. The van der Waals surface area contributed by atoms with Crippen LogP contribution in [0.15, 0.2) is 0 Å². The zero-order valence-corrected chi connectivity index (χ0v) is 8.50. The number of ether oxygens (including phenoxy) is 2. The Morgan fingerprint density at radius 2 is 1.73 bits per heavy atom. The number of hydrogen-bond donors (Lipinski definition) is 1. The van der Waals surface area contributed by atoms with Gasteiger partial charge in [-0.2, -0.15) is 0 Å². The number of carboxylic acid groups (broad SMARTS) is 1. The molecule has 1 saturated carbocycles. The van der Waals surface area contributed by atoms with E-state index in [4.69, 9.17) is 14.6 Å². The van der Waals surface area contributed by atoms with Crippen LogP contribution in [0.3, 0.4) is 0 Å². The molecule has 86 valence electrons. The minimum Gasteiger partial charge on any atom is -0.481 e. The molecule has 2 fully saturated rings. The average Bonchev–Trinajstić information content (AvgIpc) is 2.68. The minimum atomic E-state index is -1.21. The van der Waals surface area contributed by atoms with Crippen molar-refractivity contribution in [3.05, 3.63) is 0 Å². The van der Waals surface area contributed by atoms with E-state index in [1.807, 2.05) is 0 Å². The van der Waals surface area contributed by atoms with Crippen LogP contribution in [0.2, 0.25) is 0 Å². The van der Waals surface area contributed by atoms with E-state index < -0.39 is 23.8 Å². The minimum absolute atomic E-state index is 0.291. The van der Waals surface area contributed by atoms with Crippen molar-refractivity contribution in [3.63, 3.8) is 0 Å². The first-order valence-corrected chi connectivity index (χ1v) is 5.20. The molecule has 5 heteroatoms. The molecule has 1 heterocycles. The third-order valence-electron chi connectivity index (χ3n) is 3.49. The van der Waals surface area contributed by atoms with Crippen LogP contribution < -0.4 is 0 Å². The molecule has 0 aromatic rings. The van der Waals surface area contributed by atoms with Crippen LogP contribution in [0.4, 0.5) is 4.39 Å². The maximum atomic E-state index is 12.8. The lowest BCUT2D eigenvalue weighted by atomic mass is 9.73. The van der Waals surface area contributed by atoms with Crippen molar-refractivity contribution in [3.8, 4) is 0 Å². The number of rotatable bonds is 2. The molecule has 0 aromatic heterocycles. The summed E-state index contributed by atoms with van der Waals surface area (Å²) in [5, 5.41) is 9.00. The summed E-state index contributed by atoms with van der Waals surface area (Å²) in [5.41, 5.74) is -1.21. The second-order valence-corrected chi connectivity index (χ2v) is 4.33. The number of carbonyl (C=O) groups is 1. The summed E-state index contributed by atoms with van der Waals surface area (Å²) < 4.78 is 23.7. The third kappa shape index (κ3) is 1.74. The van der Waals surface area contributed by atoms with Gasteiger partial charge >= 0.3 is 5.97 Å². The van der Waals surface area contributed by atoms with E-state index in [0.717, 1.165) is 0 Å². The summed E-state index contributed by atoms with van der Waals surface area (Å²) in [6.07, 6.45) is 1.53. The van der Waals surface area contributed by atoms with Crippen LogP contribution in [-0.4, -0.2) is 36.8 Å². The highest BCUT2D eigenvalue weighted by Crippen LogP contribution is 2.45. The fourth-order valence-corrected chi connectivity index (χ4v) is 2.30. The van der Waals surface area contributed by atoms with Gasteiger partial charge < -0.3 is 14.6 Å². The Balaban J connectivity index is 2.04. The molecule has 2 rings (SSSR count). The molecule has 1 aliphatic heterocycles. The maximum absolute atomic E-state index is 12.8. The first-order chi connectivity index (χ1) is 7.13. The topological polar surface area (TPSA) is 55.8 Å². The first-order valence-electron chi connectivity index (χ1n) is 5.20. The summed E-state index contributed by atoms with van der Waals surface area (Å²) in [4.78, 5) is 11.0. The zero-order valence-electron chi connectivity index (χ0n) is 8.50. The third-order valence-corrected chi connectivity index (χ3v) is 3.49. The predicted octanol–water partition coefficient (Wildman–Crippen LogP) is 1.34. The molecule has 0 bridgehead atoms. The number of aliphatic carboxylic acids is 1. The first kappa shape index (κ1) is 10.8. The fraction of sp³-hybridized carbons (Fsp3) is 0.900. The van der Waals surface area contributed by atoms with Crippen molar-refractivity contribution in [1.29, 1.82) is 0 Å². The summed E-state index contributed by atoms with van der Waals surface area (Å²) in [7, 11) is 0. The fourth-order valence-electron chi connectivity index (χ4n) is 2.30. The Hall–Kier alpha value is -0.680. The molecule has 0 aromatic carbocycles. The van der Waals surface area contributed by atoms with Crippen molar-refractivity contribution in [2.24, 2.45) is 5.41 Å². The van der Waals surface area contributed by atoms with Gasteiger partial charge in [0.25, 0.3) is 0 Å². The van der Waals surface area contributed by atoms with Crippen molar-refractivity contribution in [1.82, 2.24) is 0 Å². The van der Waals surface area contributed by atoms with Crippen molar-refractivity contribution in [2.75, 3.05) is 19.9 Å². The van der Waals surface area contributed by atoms with Gasteiger partial charge in [-0.25, -0.2) is 4.39 Å². The molecule has 1 saturated heterocycles. The predicted molar refractivity (Wildman–Crippen MR) is 49.1 cm³/mol. The van der Waals surface area contributed by atoms with E-state index in [1.165, 1.54) is 0 Å². The highest BCUT2D eigenvalue weighted by molar-refractivity contribution is 5.75. The lowest BCUT2D eigenvalue weighted by Crippen LogP contribution is -2.44. The Labute approximate surface area is 87.4 Å². The summed E-state index contributed by atoms with van der Waals surface area (Å²) in [6.45, 7) is 0.295. The van der Waals surface area contributed by atoms with Crippen LogP contribution in [0.1, 0.15) is 25.7 Å². The normalized spacial score (nSPS) is 28.1. The van der Waals surface area contributed by atoms with Gasteiger partial charge in [-0.3, -0.25) is 4.79 Å². The summed E-state index contributed by atoms with van der Waals surface area (Å²) in [5.74, 6) is -1.66. The Morgan fingerprint density at radius 1 is 1.20 bits per heavy atom. The van der Waals surface area contributed by atoms with E-state index in [0.29, 0.717) is 38.9 Å². The molecule has 0 amide bonds. The number of halogens is 1. The van der Waals surface area contributed by atoms with Crippen LogP contribution in [0.25, 0.3) is 0 Å². The van der Waals surface area contributed by atoms with Crippen LogP contribution >= 0.6 is 0 Å². The number of alkyl halides is 1. The Morgan fingerprint density at radius 3 is 2.13 bits per heavy atom. The Kier molecular flexibility index (Phi) is 2.68. The zero-order chi connectivity index (χ0) is 10.9. The van der Waals surface area contributed by atoms with Gasteiger partial charge in [-0.15, -0.1) is 0 Å². The summed E-state index contributed by atoms with van der Waals surface area (Å²) >= 11 is 0. The van der Waals surface area contributed by atoms with E-state index >= 15 is 0 Å². The molecule has 4 nitrogen and oxygen atoms in total. The standard InChI is InChI=1S/C10H15FO4/c11-7-9(8(12)13)1-3-10(4-2-9)14-5-6-15-10/h1-7H2,(H,12,13). The molecule has 1 N–H and O–H groups in total. The van der Waals surface area contributed by atoms with Crippen molar-refractivity contribution in [2.45, 2.75) is 31.5 Å². The van der Waals surface area contributed by atoms with E-state index in [-0.39, 0.29) is 0 Å². The molecule has 0 atom stereocenters. The van der Waals surface area contributed by atoms with Gasteiger partial charge in [0, 0.05) is 12.8 Å². The van der Waals surface area contributed by atoms with Crippen LogP contribution in [0, 0.1) is 5.41 Å². The van der Waals surface area contributed by atoms with Crippen LogP contribution in [-0.2, 0) is 14.3 Å². The molecule has 0 unspecified atom stereocenters. The lowest BCUT2D eigenvalue weighted by molar-refractivity contribution is -0.198. The molecule has 15 heavy (non-hydrogen) atoms. The quantitative estimate of drug-likeness (QED) is 0.760. The Bertz CT molecular complexity index is 250. The summed E-state index contributed by atoms with van der Waals surface area (Å²) in [6, 6.07) is 0. The molecular weight excluding hydrogens is 203 g/mol. The van der Waals surface area contributed by atoms with Crippen molar-refractivity contribution < 1.29 is 23.8 Å². The largest absolute Gasteiger partial charge is 0.481 e. The molecule has 2 aliphatic rings. The highest BCUT2D eigenvalue weighted by Gasteiger charge is 2.50. The lowest BCUT2D eigenvalue weighted by Gasteiger charge is -2.39. The molecule has 1 aliphatic carbocycles. The monoisotopic (exact) mass is 218 g/mol. The highest BCUT2D eigenvalue weighted by atomic mass is 19.1. The molecular formula is C10H15FO4. The van der Waals surface area contributed by atoms with Gasteiger partial charge in [0.15, 0.2) is 5.79 Å². The van der Waals surface area contributed by atoms with E-state index in [1.54, 1.807) is 0 Å². The molecule has 0 radical (unpaired) electrons. The van der Waals surface area contributed by atoms with Gasteiger partial charge in [0.2, 0.25) is 0 Å². The smallest absolute Gasteiger partial charge is 0.312 e. The second-order valence-electron chi connectivity index (χ2n) is 4.33. The van der Waals surface area contributed by atoms with E-state index in [9.17, 15) is 9.18 Å². The van der Waals surface area contributed by atoms with Gasteiger partial charge in [0.05, 0.1) is 18.6 Å². The number of carboxylic acids is 1. The SMILES string of the molecule is O=C(O)C1(CF)CCC2(CC1)OCCO2. The average molecular weight is 218 g/mol. The van der Waals surface area contributed by atoms with Crippen LogP contribution in [0.5, 0.6) is 0 Å². The van der Waals surface area contributed by atoms with Gasteiger partial charge in [0.1, 0.15) is 6.67 Å². The van der Waals surface area contributed by atoms with Crippen molar-refractivity contribution >= 4 is 5.97 Å². The maximum Gasteiger partial charge on any atom is 0.312 e. The van der Waals surface area contributed by atoms with Gasteiger partial charge in [-0.1, -0.05) is 0 Å². The molecule has 1 spiro atoms. The van der Waals surface area contributed by atoms with E-state index in [2.05, 4.69) is 0 Å².